The standard InChI is InChI=1S/C5H13N3O/c1-2-8-3-4(6)5(7)9/h4,8H,2-3,6H2,1H3,(H2,7,9). The summed E-state index contributed by atoms with van der Waals surface area (Å²) >= 11 is 0. The van der Waals surface area contributed by atoms with Gasteiger partial charge >= 0.3 is 0 Å². The molecule has 5 N–H and O–H groups in total. The van der Waals surface area contributed by atoms with Crippen LogP contribution in [0.15, 0.2) is 0 Å². The van der Waals surface area contributed by atoms with E-state index in [1.807, 2.05) is 6.92 Å². The van der Waals surface area contributed by atoms with Gasteiger partial charge in [-0.25, -0.2) is 0 Å². The second kappa shape index (κ2) is 4.29. The smallest absolute Gasteiger partial charge is 0.235 e. The van der Waals surface area contributed by atoms with Gasteiger partial charge in [-0.2, -0.15) is 0 Å². The number of likely N-dealkylation sites (N-methyl/N-ethyl adjacent to an activating group) is 1. The zero-order chi connectivity index (χ0) is 7.28. The van der Waals surface area contributed by atoms with E-state index >= 15 is 0 Å². The number of nitrogens with two attached hydrogens (primary N) is 2. The summed E-state index contributed by atoms with van der Waals surface area (Å²) in [4.78, 5) is 10.3. The Kier molecular flexibility index (Phi) is 4.00. The van der Waals surface area contributed by atoms with E-state index in [2.05, 4.69) is 5.32 Å². The minimum Gasteiger partial charge on any atom is -0.368 e. The Morgan fingerprint density at radius 2 is 2.33 bits per heavy atom. The molecule has 4 nitrogen and oxygen atoms in total. The molecule has 0 radical (unpaired) electrons. The van der Waals surface area contributed by atoms with Crippen LogP contribution in [0.25, 0.3) is 0 Å². The first-order valence-corrected chi connectivity index (χ1v) is 2.94. The third-order valence-corrected chi connectivity index (χ3v) is 0.980. The normalized spacial score (nSPS) is 13.1. The van der Waals surface area contributed by atoms with Crippen LogP contribution in [0, 0.1) is 0 Å². The monoisotopic (exact) mass is 131 g/mol. The molecule has 1 amide bonds. The summed E-state index contributed by atoms with van der Waals surface area (Å²) in [5.41, 5.74) is 10.1. The number of hydrogen-bond acceptors (Lipinski definition) is 3. The van der Waals surface area contributed by atoms with Crippen molar-refractivity contribution in [3.05, 3.63) is 0 Å². The quantitative estimate of drug-likeness (QED) is 0.430. The summed E-state index contributed by atoms with van der Waals surface area (Å²) in [6.07, 6.45) is 0. The van der Waals surface area contributed by atoms with Gasteiger partial charge in [0.1, 0.15) is 0 Å². The third-order valence-electron chi connectivity index (χ3n) is 0.980. The van der Waals surface area contributed by atoms with E-state index in [1.54, 1.807) is 0 Å². The van der Waals surface area contributed by atoms with Gasteiger partial charge in [0.05, 0.1) is 6.04 Å². The Bertz CT molecular complexity index is 94.2. The third kappa shape index (κ3) is 3.93. The minimum absolute atomic E-state index is 0.462. The summed E-state index contributed by atoms with van der Waals surface area (Å²) in [7, 11) is 0. The van der Waals surface area contributed by atoms with Crippen LogP contribution >= 0.6 is 0 Å². The van der Waals surface area contributed by atoms with Gasteiger partial charge in [-0.15, -0.1) is 0 Å². The molecule has 0 bridgehead atoms. The molecule has 0 aromatic rings. The molecule has 1 atom stereocenters. The number of primary amides is 1. The molecule has 0 aromatic carbocycles. The van der Waals surface area contributed by atoms with Crippen molar-refractivity contribution in [2.75, 3.05) is 13.1 Å². The van der Waals surface area contributed by atoms with E-state index in [0.29, 0.717) is 6.54 Å². The Morgan fingerprint density at radius 1 is 1.78 bits per heavy atom. The molecular formula is C5H13N3O. The molecule has 1 unspecified atom stereocenters. The van der Waals surface area contributed by atoms with Crippen molar-refractivity contribution >= 4 is 5.91 Å². The first-order valence-electron chi connectivity index (χ1n) is 2.94. The van der Waals surface area contributed by atoms with Crippen LogP contribution < -0.4 is 16.8 Å². The van der Waals surface area contributed by atoms with Gasteiger partial charge in [0.15, 0.2) is 0 Å². The van der Waals surface area contributed by atoms with Crippen LogP contribution in [0.3, 0.4) is 0 Å². The molecule has 0 saturated carbocycles. The van der Waals surface area contributed by atoms with Crippen LogP contribution in [0.1, 0.15) is 6.92 Å². The first kappa shape index (κ1) is 8.39. The highest BCUT2D eigenvalue weighted by atomic mass is 16.1. The molecule has 0 rings (SSSR count). The molecule has 0 aliphatic heterocycles. The van der Waals surface area contributed by atoms with Gasteiger partial charge in [0.2, 0.25) is 5.91 Å². The largest absolute Gasteiger partial charge is 0.368 e. The first-order chi connectivity index (χ1) is 4.18. The molecule has 0 saturated heterocycles. The Hall–Kier alpha value is -0.610. The minimum atomic E-state index is -0.551. The highest BCUT2D eigenvalue weighted by Gasteiger charge is 2.05. The topological polar surface area (TPSA) is 81.1 Å². The van der Waals surface area contributed by atoms with Crippen LogP contribution in [0.2, 0.25) is 0 Å². The molecule has 0 aliphatic rings. The second-order valence-corrected chi connectivity index (χ2v) is 1.82. The molecule has 54 valence electrons. The van der Waals surface area contributed by atoms with Crippen LogP contribution in [0.5, 0.6) is 0 Å². The van der Waals surface area contributed by atoms with Crippen LogP contribution in [0.4, 0.5) is 0 Å². The van der Waals surface area contributed by atoms with E-state index in [1.165, 1.54) is 0 Å². The summed E-state index contributed by atoms with van der Waals surface area (Å²) in [5, 5.41) is 2.90. The molecule has 0 aromatic heterocycles. The van der Waals surface area contributed by atoms with Crippen molar-refractivity contribution in [2.45, 2.75) is 13.0 Å². The van der Waals surface area contributed by atoms with Gasteiger partial charge in [0.25, 0.3) is 0 Å². The fourth-order valence-electron chi connectivity index (χ4n) is 0.400. The van der Waals surface area contributed by atoms with Gasteiger partial charge < -0.3 is 16.8 Å². The number of carbonyl (C=O) groups is 1. The van der Waals surface area contributed by atoms with Crippen molar-refractivity contribution in [3.8, 4) is 0 Å². The Labute approximate surface area is 54.6 Å². The van der Waals surface area contributed by atoms with Crippen molar-refractivity contribution < 1.29 is 4.79 Å². The predicted molar refractivity (Wildman–Crippen MR) is 35.7 cm³/mol. The maximum Gasteiger partial charge on any atom is 0.235 e. The van der Waals surface area contributed by atoms with Crippen molar-refractivity contribution in [3.63, 3.8) is 0 Å². The lowest BCUT2D eigenvalue weighted by Crippen LogP contribution is -2.44. The fraction of sp³-hybridized carbons (Fsp3) is 0.800. The average Bonchev–Trinajstić information content (AvgIpc) is 1.82. The van der Waals surface area contributed by atoms with Crippen molar-refractivity contribution in [1.82, 2.24) is 5.32 Å². The molecule has 0 spiro atoms. The van der Waals surface area contributed by atoms with Crippen molar-refractivity contribution in [1.29, 1.82) is 0 Å². The lowest BCUT2D eigenvalue weighted by Gasteiger charge is -2.05. The highest BCUT2D eigenvalue weighted by Crippen LogP contribution is 1.70. The fourth-order valence-corrected chi connectivity index (χ4v) is 0.400. The SMILES string of the molecule is CCNCC(N)C(N)=O. The number of nitrogens with one attached hydrogen (secondary N) is 1. The lowest BCUT2D eigenvalue weighted by atomic mass is 10.3. The maximum atomic E-state index is 10.3. The summed E-state index contributed by atoms with van der Waals surface area (Å²) in [5.74, 6) is -0.462. The number of rotatable bonds is 4. The van der Waals surface area contributed by atoms with E-state index in [4.69, 9.17) is 11.5 Å². The van der Waals surface area contributed by atoms with E-state index < -0.39 is 11.9 Å². The van der Waals surface area contributed by atoms with E-state index in [-0.39, 0.29) is 0 Å². The highest BCUT2D eigenvalue weighted by molar-refractivity contribution is 5.79. The van der Waals surface area contributed by atoms with Gasteiger partial charge in [-0.3, -0.25) is 4.79 Å². The molecule has 0 aliphatic carbocycles. The Balaban J connectivity index is 3.27. The zero-order valence-corrected chi connectivity index (χ0v) is 5.55. The Morgan fingerprint density at radius 3 is 2.67 bits per heavy atom. The summed E-state index contributed by atoms with van der Waals surface area (Å²) in [6.45, 7) is 3.21. The maximum absolute atomic E-state index is 10.3. The van der Waals surface area contributed by atoms with Crippen LogP contribution in [-0.2, 0) is 4.79 Å². The molecule has 4 heteroatoms. The van der Waals surface area contributed by atoms with Crippen molar-refractivity contribution in [2.24, 2.45) is 11.5 Å². The van der Waals surface area contributed by atoms with Crippen LogP contribution in [-0.4, -0.2) is 25.0 Å². The summed E-state index contributed by atoms with van der Waals surface area (Å²) < 4.78 is 0. The molecular weight excluding hydrogens is 118 g/mol. The van der Waals surface area contributed by atoms with Gasteiger partial charge in [-0.1, -0.05) is 6.92 Å². The number of amides is 1. The predicted octanol–water partition coefficient (Wildman–Crippen LogP) is -1.59. The lowest BCUT2D eigenvalue weighted by molar-refractivity contribution is -0.119. The second-order valence-electron chi connectivity index (χ2n) is 1.82. The van der Waals surface area contributed by atoms with Gasteiger partial charge in [-0.05, 0) is 6.54 Å². The number of hydrogen-bond donors (Lipinski definition) is 3. The van der Waals surface area contributed by atoms with E-state index in [0.717, 1.165) is 6.54 Å². The summed E-state index contributed by atoms with van der Waals surface area (Å²) in [6, 6.07) is -0.551. The molecule has 0 fully saturated rings. The zero-order valence-electron chi connectivity index (χ0n) is 5.55. The molecule has 9 heavy (non-hydrogen) atoms. The number of carbonyl (C=O) groups excluding carboxylic acids is 1. The van der Waals surface area contributed by atoms with E-state index in [9.17, 15) is 4.79 Å². The van der Waals surface area contributed by atoms with Gasteiger partial charge in [0, 0.05) is 6.54 Å². The molecule has 0 heterocycles. The average molecular weight is 131 g/mol.